The first-order valence-corrected chi connectivity index (χ1v) is 6.41. The zero-order chi connectivity index (χ0) is 12.7. The van der Waals surface area contributed by atoms with Crippen LogP contribution in [0.2, 0.25) is 5.02 Å². The van der Waals surface area contributed by atoms with Gasteiger partial charge in [-0.2, -0.15) is 0 Å². The first kappa shape index (κ1) is 14.4. The second-order valence-corrected chi connectivity index (χ2v) is 5.28. The highest BCUT2D eigenvalue weighted by Crippen LogP contribution is 2.29. The molecule has 104 valence electrons. The molecule has 0 spiro atoms. The summed E-state index contributed by atoms with van der Waals surface area (Å²) in [6.07, 6.45) is 3.74. The molecule has 2 N–H and O–H groups in total. The molecule has 5 nitrogen and oxygen atoms in total. The largest absolute Gasteiger partial charge is 0.478 e. The van der Waals surface area contributed by atoms with Crippen molar-refractivity contribution in [3.8, 4) is 0 Å². The molecule has 2 atom stereocenters. The minimum absolute atomic E-state index is 0. The van der Waals surface area contributed by atoms with Gasteiger partial charge in [0.1, 0.15) is 5.82 Å². The lowest BCUT2D eigenvalue weighted by Crippen LogP contribution is -2.51. The fraction of sp³-hybridized carbons (Fsp3) is 0.500. The molecule has 0 radical (unpaired) electrons. The maximum Gasteiger partial charge on any atom is 0.337 e. The van der Waals surface area contributed by atoms with E-state index in [-0.39, 0.29) is 18.0 Å². The summed E-state index contributed by atoms with van der Waals surface area (Å²) in [6.45, 7) is 1.77. The Kier molecular flexibility index (Phi) is 4.18. The van der Waals surface area contributed by atoms with E-state index in [4.69, 9.17) is 16.7 Å². The van der Waals surface area contributed by atoms with E-state index in [1.165, 1.54) is 25.1 Å². The highest BCUT2D eigenvalue weighted by Gasteiger charge is 2.33. The number of carboxylic acid groups (broad SMARTS) is 1. The van der Waals surface area contributed by atoms with E-state index in [1.807, 2.05) is 0 Å². The van der Waals surface area contributed by atoms with E-state index in [2.05, 4.69) is 15.2 Å². The Morgan fingerprint density at radius 2 is 2.05 bits per heavy atom. The van der Waals surface area contributed by atoms with Crippen molar-refractivity contribution in [2.75, 3.05) is 18.0 Å². The van der Waals surface area contributed by atoms with Crippen LogP contribution in [-0.2, 0) is 0 Å². The molecule has 19 heavy (non-hydrogen) atoms. The van der Waals surface area contributed by atoms with E-state index in [0.29, 0.717) is 22.9 Å². The Bertz CT molecular complexity index is 486. The van der Waals surface area contributed by atoms with Gasteiger partial charge < -0.3 is 15.3 Å². The van der Waals surface area contributed by atoms with E-state index in [9.17, 15) is 4.79 Å². The standard InChI is InChI=1S/C12H14ClN3O2.ClH/c13-10-3-7(12(17)18)4-14-11(10)16-5-8-1-2-9(6-16)15-8;/h3-4,8-9,15H,1-2,5-6H2,(H,17,18);1H. The number of halogens is 2. The van der Waals surface area contributed by atoms with Crippen LogP contribution in [-0.4, -0.2) is 41.2 Å². The number of rotatable bonds is 2. The van der Waals surface area contributed by atoms with Crippen molar-refractivity contribution in [3.05, 3.63) is 22.8 Å². The van der Waals surface area contributed by atoms with Gasteiger partial charge in [-0.05, 0) is 18.9 Å². The van der Waals surface area contributed by atoms with E-state index in [1.54, 1.807) is 0 Å². The van der Waals surface area contributed by atoms with Gasteiger partial charge in [-0.3, -0.25) is 0 Å². The minimum Gasteiger partial charge on any atom is -0.478 e. The second kappa shape index (κ2) is 5.53. The fourth-order valence-corrected chi connectivity index (χ4v) is 3.04. The number of fused-ring (bicyclic) bond motifs is 2. The summed E-state index contributed by atoms with van der Waals surface area (Å²) in [5.74, 6) is -0.309. The molecule has 0 aromatic carbocycles. The molecule has 2 unspecified atom stereocenters. The number of hydrogen-bond donors (Lipinski definition) is 2. The van der Waals surface area contributed by atoms with Crippen LogP contribution in [0.15, 0.2) is 12.3 Å². The second-order valence-electron chi connectivity index (χ2n) is 4.88. The molecule has 3 heterocycles. The van der Waals surface area contributed by atoms with Crippen molar-refractivity contribution in [2.24, 2.45) is 0 Å². The summed E-state index contributed by atoms with van der Waals surface area (Å²) < 4.78 is 0. The molecule has 2 saturated heterocycles. The summed E-state index contributed by atoms with van der Waals surface area (Å²) in [5.41, 5.74) is 0.127. The molecule has 2 bridgehead atoms. The summed E-state index contributed by atoms with van der Waals surface area (Å²) in [4.78, 5) is 17.2. The van der Waals surface area contributed by atoms with Gasteiger partial charge in [-0.1, -0.05) is 11.6 Å². The van der Waals surface area contributed by atoms with Crippen molar-refractivity contribution in [1.29, 1.82) is 0 Å². The number of aromatic carboxylic acids is 1. The van der Waals surface area contributed by atoms with Gasteiger partial charge in [0.15, 0.2) is 0 Å². The Morgan fingerprint density at radius 1 is 1.42 bits per heavy atom. The third-order valence-electron chi connectivity index (χ3n) is 3.58. The maximum atomic E-state index is 10.8. The summed E-state index contributed by atoms with van der Waals surface area (Å²) >= 11 is 6.13. The molecule has 2 aliphatic heterocycles. The number of pyridine rings is 1. The van der Waals surface area contributed by atoms with E-state index in [0.717, 1.165) is 13.1 Å². The number of nitrogens with zero attached hydrogens (tertiary/aromatic N) is 2. The number of aromatic nitrogens is 1. The van der Waals surface area contributed by atoms with Gasteiger partial charge in [0.25, 0.3) is 0 Å². The average molecular weight is 304 g/mol. The molecule has 0 aliphatic carbocycles. The van der Waals surface area contributed by atoms with Crippen molar-refractivity contribution in [1.82, 2.24) is 10.3 Å². The number of piperazine rings is 1. The topological polar surface area (TPSA) is 65.5 Å². The molecule has 1 aromatic heterocycles. The van der Waals surface area contributed by atoms with Crippen LogP contribution in [0.4, 0.5) is 5.82 Å². The lowest BCUT2D eigenvalue weighted by atomic mass is 10.2. The summed E-state index contributed by atoms with van der Waals surface area (Å²) in [7, 11) is 0. The third kappa shape index (κ3) is 2.78. The molecule has 2 fully saturated rings. The Morgan fingerprint density at radius 3 is 2.58 bits per heavy atom. The fourth-order valence-electron chi connectivity index (χ4n) is 2.75. The zero-order valence-corrected chi connectivity index (χ0v) is 11.7. The lowest BCUT2D eigenvalue weighted by Gasteiger charge is -2.34. The molecule has 1 aromatic rings. The monoisotopic (exact) mass is 303 g/mol. The molecular formula is C12H15Cl2N3O2. The number of nitrogens with one attached hydrogen (secondary N) is 1. The smallest absolute Gasteiger partial charge is 0.337 e. The number of anilines is 1. The number of hydrogen-bond acceptors (Lipinski definition) is 4. The summed E-state index contributed by atoms with van der Waals surface area (Å²) in [6, 6.07) is 2.47. The van der Waals surface area contributed by atoms with Crippen LogP contribution >= 0.6 is 24.0 Å². The predicted octanol–water partition coefficient (Wildman–Crippen LogP) is 1.80. The maximum absolute atomic E-state index is 10.8. The zero-order valence-electron chi connectivity index (χ0n) is 10.2. The van der Waals surface area contributed by atoms with Crippen LogP contribution in [0.25, 0.3) is 0 Å². The Labute approximate surface area is 122 Å². The molecule has 0 amide bonds. The highest BCUT2D eigenvalue weighted by molar-refractivity contribution is 6.33. The van der Waals surface area contributed by atoms with Crippen LogP contribution in [0, 0.1) is 0 Å². The van der Waals surface area contributed by atoms with Gasteiger partial charge in [0.05, 0.1) is 10.6 Å². The SMILES string of the molecule is Cl.O=C(O)c1cnc(N2CC3CCC(C2)N3)c(Cl)c1. The lowest BCUT2D eigenvalue weighted by molar-refractivity contribution is 0.0696. The van der Waals surface area contributed by atoms with E-state index >= 15 is 0 Å². The quantitative estimate of drug-likeness (QED) is 0.872. The van der Waals surface area contributed by atoms with E-state index < -0.39 is 5.97 Å². The number of carboxylic acids is 1. The van der Waals surface area contributed by atoms with Gasteiger partial charge in [-0.25, -0.2) is 9.78 Å². The molecule has 2 aliphatic rings. The first-order chi connectivity index (χ1) is 8.63. The van der Waals surface area contributed by atoms with Crippen molar-refractivity contribution >= 4 is 35.8 Å². The van der Waals surface area contributed by atoms with Crippen molar-refractivity contribution in [3.63, 3.8) is 0 Å². The number of carbonyl (C=O) groups is 1. The normalized spacial score (nSPS) is 25.0. The molecule has 0 saturated carbocycles. The predicted molar refractivity (Wildman–Crippen MR) is 75.6 cm³/mol. The Hall–Kier alpha value is -1.04. The Balaban J connectivity index is 0.00000133. The van der Waals surface area contributed by atoms with Crippen molar-refractivity contribution in [2.45, 2.75) is 24.9 Å². The van der Waals surface area contributed by atoms with Gasteiger partial charge >= 0.3 is 5.97 Å². The van der Waals surface area contributed by atoms with Crippen LogP contribution < -0.4 is 10.2 Å². The highest BCUT2D eigenvalue weighted by atomic mass is 35.5. The van der Waals surface area contributed by atoms with Gasteiger partial charge in [-0.15, -0.1) is 12.4 Å². The molecule has 7 heteroatoms. The minimum atomic E-state index is -1.00. The molecule has 3 rings (SSSR count). The summed E-state index contributed by atoms with van der Waals surface area (Å²) in [5, 5.41) is 12.8. The van der Waals surface area contributed by atoms with Crippen LogP contribution in [0.3, 0.4) is 0 Å². The van der Waals surface area contributed by atoms with Gasteiger partial charge in [0, 0.05) is 31.4 Å². The van der Waals surface area contributed by atoms with Crippen LogP contribution in [0.1, 0.15) is 23.2 Å². The van der Waals surface area contributed by atoms with Crippen molar-refractivity contribution < 1.29 is 9.90 Å². The average Bonchev–Trinajstić information content (AvgIpc) is 2.68. The molecular weight excluding hydrogens is 289 g/mol. The third-order valence-corrected chi connectivity index (χ3v) is 3.86. The van der Waals surface area contributed by atoms with Crippen LogP contribution in [0.5, 0.6) is 0 Å². The first-order valence-electron chi connectivity index (χ1n) is 6.03. The van der Waals surface area contributed by atoms with Gasteiger partial charge in [0.2, 0.25) is 0 Å².